The molecule has 0 amide bonds. The van der Waals surface area contributed by atoms with Gasteiger partial charge in [0.1, 0.15) is 0 Å². The maximum atomic E-state index is 10.4. The van der Waals surface area contributed by atoms with Gasteiger partial charge >= 0.3 is 5.97 Å². The van der Waals surface area contributed by atoms with Crippen LogP contribution in [0.4, 0.5) is 0 Å². The number of carboxylic acid groups (broad SMARTS) is 1. The van der Waals surface area contributed by atoms with Crippen LogP contribution >= 0.6 is 0 Å². The predicted molar refractivity (Wildman–Crippen MR) is 97.4 cm³/mol. The molecule has 0 bridgehead atoms. The van der Waals surface area contributed by atoms with Gasteiger partial charge in [-0.15, -0.1) is 0 Å². The van der Waals surface area contributed by atoms with E-state index in [1.165, 1.54) is 25.7 Å². The van der Waals surface area contributed by atoms with E-state index >= 15 is 0 Å². The van der Waals surface area contributed by atoms with Crippen LogP contribution in [0.15, 0.2) is 48.6 Å². The molecule has 0 spiro atoms. The number of carboxylic acids is 1. The summed E-state index contributed by atoms with van der Waals surface area (Å²) in [5.41, 5.74) is 0. The van der Waals surface area contributed by atoms with Gasteiger partial charge in [-0.25, -0.2) is 0 Å². The number of allylic oxidation sites excluding steroid dienone is 7. The summed E-state index contributed by atoms with van der Waals surface area (Å²) in [6.45, 7) is 2.22. The summed E-state index contributed by atoms with van der Waals surface area (Å²) in [6.07, 6.45) is 23.6. The Morgan fingerprint density at radius 1 is 0.957 bits per heavy atom. The van der Waals surface area contributed by atoms with Crippen molar-refractivity contribution >= 4 is 5.97 Å². The maximum absolute atomic E-state index is 10.4. The summed E-state index contributed by atoms with van der Waals surface area (Å²) >= 11 is 0. The molecule has 0 saturated carbocycles. The van der Waals surface area contributed by atoms with Crippen molar-refractivity contribution < 1.29 is 15.0 Å². The molecule has 1 unspecified atom stereocenters. The molecule has 0 fully saturated rings. The molecule has 23 heavy (non-hydrogen) atoms. The quantitative estimate of drug-likeness (QED) is 0.263. The number of hydrogen-bond donors (Lipinski definition) is 2. The van der Waals surface area contributed by atoms with Crippen LogP contribution in [0.1, 0.15) is 64.7 Å². The van der Waals surface area contributed by atoms with Crippen molar-refractivity contribution in [2.45, 2.75) is 70.8 Å². The summed E-state index contributed by atoms with van der Waals surface area (Å²) in [7, 11) is 0. The van der Waals surface area contributed by atoms with E-state index in [1.807, 2.05) is 30.4 Å². The maximum Gasteiger partial charge on any atom is 0.303 e. The summed E-state index contributed by atoms with van der Waals surface area (Å²) in [4.78, 5) is 10.4. The number of aliphatic hydroxyl groups is 1. The minimum absolute atomic E-state index is 0.124. The number of unbranched alkanes of at least 4 members (excludes halogenated alkanes) is 3. The Labute approximate surface area is 141 Å². The highest BCUT2D eigenvalue weighted by molar-refractivity contribution is 5.66. The molecule has 0 aromatic rings. The topological polar surface area (TPSA) is 57.5 Å². The molecule has 0 rings (SSSR count). The number of aliphatic hydroxyl groups excluding tert-OH is 1. The van der Waals surface area contributed by atoms with Gasteiger partial charge in [-0.05, 0) is 38.5 Å². The van der Waals surface area contributed by atoms with E-state index in [4.69, 9.17) is 5.11 Å². The van der Waals surface area contributed by atoms with E-state index in [0.717, 1.165) is 6.42 Å². The molecule has 3 nitrogen and oxygen atoms in total. The van der Waals surface area contributed by atoms with Crippen molar-refractivity contribution in [2.75, 3.05) is 0 Å². The number of rotatable bonds is 14. The van der Waals surface area contributed by atoms with Crippen LogP contribution in [0.2, 0.25) is 0 Å². The third-order valence-electron chi connectivity index (χ3n) is 3.35. The number of hydrogen-bond acceptors (Lipinski definition) is 2. The molecule has 2 N–H and O–H groups in total. The lowest BCUT2D eigenvalue weighted by atomic mass is 10.1. The van der Waals surface area contributed by atoms with E-state index < -0.39 is 12.1 Å². The number of aliphatic carboxylic acids is 1. The van der Waals surface area contributed by atoms with E-state index in [0.29, 0.717) is 19.3 Å². The van der Waals surface area contributed by atoms with Gasteiger partial charge in [0.25, 0.3) is 0 Å². The summed E-state index contributed by atoms with van der Waals surface area (Å²) in [5.74, 6) is -0.807. The van der Waals surface area contributed by atoms with Gasteiger partial charge in [0.05, 0.1) is 6.10 Å². The Bertz CT molecular complexity index is 392. The molecule has 0 aromatic carbocycles. The Kier molecular flexibility index (Phi) is 15.6. The Balaban J connectivity index is 3.60. The fourth-order valence-electron chi connectivity index (χ4n) is 2.01. The zero-order chi connectivity index (χ0) is 17.2. The van der Waals surface area contributed by atoms with E-state index in [2.05, 4.69) is 25.2 Å². The van der Waals surface area contributed by atoms with E-state index in [1.54, 1.807) is 0 Å². The fourth-order valence-corrected chi connectivity index (χ4v) is 2.01. The summed E-state index contributed by atoms with van der Waals surface area (Å²) in [6, 6.07) is 0. The molecule has 3 heteroatoms. The molecular weight excluding hydrogens is 288 g/mol. The van der Waals surface area contributed by atoms with Gasteiger partial charge in [0, 0.05) is 6.42 Å². The first kappa shape index (κ1) is 21.4. The molecule has 130 valence electrons. The van der Waals surface area contributed by atoms with Gasteiger partial charge < -0.3 is 10.2 Å². The summed E-state index contributed by atoms with van der Waals surface area (Å²) in [5, 5.41) is 18.2. The van der Waals surface area contributed by atoms with Gasteiger partial charge in [-0.1, -0.05) is 68.4 Å². The van der Waals surface area contributed by atoms with Crippen molar-refractivity contribution in [2.24, 2.45) is 0 Å². The second-order valence-corrected chi connectivity index (χ2v) is 5.62. The summed E-state index contributed by atoms with van der Waals surface area (Å²) < 4.78 is 0. The lowest BCUT2D eigenvalue weighted by Gasteiger charge is -2.05. The average Bonchev–Trinajstić information content (AvgIpc) is 2.51. The normalized spacial score (nSPS) is 13.8. The standard InChI is InChI=1S/C20H32O3/c1-2-3-4-5-6-7-8-9-10-11-12-13-14-16-19(21)17-15-18-20(22)23/h6-7,9-14,19,21H,2-5,8,15-18H2,1H3,(H,22,23). The molecule has 0 heterocycles. The van der Waals surface area contributed by atoms with Crippen LogP contribution in [0.5, 0.6) is 0 Å². The van der Waals surface area contributed by atoms with Crippen molar-refractivity contribution in [1.82, 2.24) is 0 Å². The Morgan fingerprint density at radius 3 is 2.39 bits per heavy atom. The number of carbonyl (C=O) groups is 1. The molecule has 0 saturated heterocycles. The van der Waals surface area contributed by atoms with Gasteiger partial charge in [0.2, 0.25) is 0 Å². The van der Waals surface area contributed by atoms with Crippen LogP contribution in [0.3, 0.4) is 0 Å². The minimum Gasteiger partial charge on any atom is -0.481 e. The van der Waals surface area contributed by atoms with Crippen molar-refractivity contribution in [3.8, 4) is 0 Å². The minimum atomic E-state index is -0.807. The van der Waals surface area contributed by atoms with Crippen molar-refractivity contribution in [3.05, 3.63) is 48.6 Å². The molecule has 0 aliphatic heterocycles. The van der Waals surface area contributed by atoms with Crippen molar-refractivity contribution in [1.29, 1.82) is 0 Å². The molecule has 1 atom stereocenters. The van der Waals surface area contributed by atoms with E-state index in [-0.39, 0.29) is 6.42 Å². The molecule has 0 aromatic heterocycles. The predicted octanol–water partition coefficient (Wildman–Crippen LogP) is 5.19. The van der Waals surface area contributed by atoms with E-state index in [9.17, 15) is 9.90 Å². The Hall–Kier alpha value is -1.61. The first-order chi connectivity index (χ1) is 11.2. The first-order valence-electron chi connectivity index (χ1n) is 8.70. The second kappa shape index (κ2) is 16.8. The highest BCUT2D eigenvalue weighted by atomic mass is 16.4. The smallest absolute Gasteiger partial charge is 0.303 e. The SMILES string of the molecule is CCCCCC=CCC=CC=CC=CCC(O)CCCC(=O)O. The monoisotopic (exact) mass is 320 g/mol. The highest BCUT2D eigenvalue weighted by Crippen LogP contribution is 2.05. The zero-order valence-electron chi connectivity index (χ0n) is 14.4. The molecule has 0 radical (unpaired) electrons. The largest absolute Gasteiger partial charge is 0.481 e. The third kappa shape index (κ3) is 18.3. The third-order valence-corrected chi connectivity index (χ3v) is 3.35. The van der Waals surface area contributed by atoms with Crippen LogP contribution in [-0.4, -0.2) is 22.3 Å². The van der Waals surface area contributed by atoms with Crippen molar-refractivity contribution in [3.63, 3.8) is 0 Å². The van der Waals surface area contributed by atoms with Crippen LogP contribution in [-0.2, 0) is 4.79 Å². The van der Waals surface area contributed by atoms with Crippen LogP contribution in [0.25, 0.3) is 0 Å². The fraction of sp³-hybridized carbons (Fsp3) is 0.550. The second-order valence-electron chi connectivity index (χ2n) is 5.62. The molecule has 0 aliphatic rings. The molecule has 0 aliphatic carbocycles. The van der Waals surface area contributed by atoms with Gasteiger partial charge in [-0.3, -0.25) is 4.79 Å². The van der Waals surface area contributed by atoms with Gasteiger partial charge in [0.15, 0.2) is 0 Å². The Morgan fingerprint density at radius 2 is 1.70 bits per heavy atom. The van der Waals surface area contributed by atoms with Crippen LogP contribution < -0.4 is 0 Å². The zero-order valence-corrected chi connectivity index (χ0v) is 14.4. The average molecular weight is 320 g/mol. The first-order valence-corrected chi connectivity index (χ1v) is 8.70. The van der Waals surface area contributed by atoms with Gasteiger partial charge in [-0.2, -0.15) is 0 Å². The lowest BCUT2D eigenvalue weighted by Crippen LogP contribution is -2.06. The lowest BCUT2D eigenvalue weighted by molar-refractivity contribution is -0.137. The highest BCUT2D eigenvalue weighted by Gasteiger charge is 2.03. The van der Waals surface area contributed by atoms with Crippen LogP contribution in [0, 0.1) is 0 Å². The molecular formula is C20H32O3.